The molecule has 0 fully saturated rings. The van der Waals surface area contributed by atoms with Crippen LogP contribution in [0.3, 0.4) is 0 Å². The Hall–Kier alpha value is -2.41. The average Bonchev–Trinajstić information content (AvgIpc) is 2.63. The fraction of sp³-hybridized carbons (Fsp3) is 0.526. The van der Waals surface area contributed by atoms with E-state index in [-0.39, 0.29) is 38.7 Å². The van der Waals surface area contributed by atoms with E-state index in [4.69, 9.17) is 28.4 Å². The van der Waals surface area contributed by atoms with Crippen molar-refractivity contribution in [3.05, 3.63) is 31.0 Å². The number of carbonyl (C=O) groups excluding carboxylic acids is 1. The molecule has 144 valence electrons. The van der Waals surface area contributed by atoms with Crippen molar-refractivity contribution in [2.45, 2.75) is 20.8 Å². The molecule has 0 saturated carbocycles. The lowest BCUT2D eigenvalue weighted by molar-refractivity contribution is -0.159. The highest BCUT2D eigenvalue weighted by atomic mass is 16.7. The van der Waals surface area contributed by atoms with Crippen molar-refractivity contribution in [2.24, 2.45) is 11.3 Å². The largest absolute Gasteiger partial charge is 0.493 e. The van der Waals surface area contributed by atoms with Gasteiger partial charge in [0.2, 0.25) is 6.79 Å². The molecule has 26 heavy (non-hydrogen) atoms. The number of fused-ring (bicyclic) bond motifs is 12. The van der Waals surface area contributed by atoms with Crippen LogP contribution in [0.4, 0.5) is 0 Å². The fourth-order valence-electron chi connectivity index (χ4n) is 2.13. The van der Waals surface area contributed by atoms with Gasteiger partial charge in [-0.15, -0.1) is 0 Å². The zero-order chi connectivity index (χ0) is 19.0. The summed E-state index contributed by atoms with van der Waals surface area (Å²) in [5.41, 5.74) is -0.687. The highest BCUT2D eigenvalue weighted by Crippen LogP contribution is 2.34. The molecule has 2 aliphatic rings. The SMILES string of the molecule is C=COCOc1cc2ccc1OCOCCOC(=O)C(C)(C)C(C)CO2. The first kappa shape index (κ1) is 19.9. The number of hydrogen-bond donors (Lipinski definition) is 0. The molecule has 3 rings (SSSR count). The summed E-state index contributed by atoms with van der Waals surface area (Å²) in [6.45, 7) is 9.84. The van der Waals surface area contributed by atoms with Crippen LogP contribution < -0.4 is 14.2 Å². The third-order valence-electron chi connectivity index (χ3n) is 4.33. The van der Waals surface area contributed by atoms with Gasteiger partial charge in [0, 0.05) is 12.0 Å². The van der Waals surface area contributed by atoms with Crippen LogP contribution in [-0.2, 0) is 19.0 Å². The molecule has 2 bridgehead atoms. The Bertz CT molecular complexity index is 612. The molecule has 1 unspecified atom stereocenters. The molecular formula is C19H26O7. The van der Waals surface area contributed by atoms with Crippen molar-refractivity contribution >= 4 is 5.97 Å². The fourth-order valence-corrected chi connectivity index (χ4v) is 2.13. The van der Waals surface area contributed by atoms with Crippen LogP contribution in [0.5, 0.6) is 17.2 Å². The summed E-state index contributed by atoms with van der Waals surface area (Å²) in [5, 5.41) is 0. The van der Waals surface area contributed by atoms with Crippen LogP contribution in [0, 0.1) is 11.3 Å². The van der Waals surface area contributed by atoms with Gasteiger partial charge in [0.15, 0.2) is 18.3 Å². The lowest BCUT2D eigenvalue weighted by atomic mass is 9.80. The topological polar surface area (TPSA) is 72.5 Å². The first-order valence-electron chi connectivity index (χ1n) is 8.45. The second-order valence-electron chi connectivity index (χ2n) is 6.44. The minimum absolute atomic E-state index is 0.00374. The van der Waals surface area contributed by atoms with Gasteiger partial charge in [-0.05, 0) is 26.0 Å². The first-order chi connectivity index (χ1) is 12.4. The van der Waals surface area contributed by atoms with Crippen LogP contribution in [-0.4, -0.2) is 39.4 Å². The minimum atomic E-state index is -0.687. The van der Waals surface area contributed by atoms with Gasteiger partial charge >= 0.3 is 5.97 Å². The number of benzene rings is 1. The number of rotatable bonds is 4. The zero-order valence-electron chi connectivity index (χ0n) is 15.5. The van der Waals surface area contributed by atoms with Gasteiger partial charge in [-0.25, -0.2) is 0 Å². The Balaban J connectivity index is 2.18. The molecule has 0 radical (unpaired) electrons. The standard InChI is InChI=1S/C19H26O7/c1-5-21-12-26-17-10-15-6-7-16(17)25-13-22-8-9-23-18(20)19(3,4)14(2)11-24-15/h5-7,10,14H,1,8-9,11-13H2,2-4H3. The first-order valence-corrected chi connectivity index (χ1v) is 8.45. The molecule has 0 aliphatic carbocycles. The van der Waals surface area contributed by atoms with Crippen LogP contribution in [0.25, 0.3) is 0 Å². The normalized spacial score (nSPS) is 20.6. The van der Waals surface area contributed by atoms with E-state index in [0.717, 1.165) is 0 Å². The number of carbonyl (C=O) groups is 1. The monoisotopic (exact) mass is 366 g/mol. The molecule has 1 aromatic carbocycles. The third-order valence-corrected chi connectivity index (χ3v) is 4.33. The lowest BCUT2D eigenvalue weighted by Crippen LogP contribution is -2.36. The quantitative estimate of drug-likeness (QED) is 0.351. The second-order valence-corrected chi connectivity index (χ2v) is 6.44. The van der Waals surface area contributed by atoms with Gasteiger partial charge in [0.1, 0.15) is 12.4 Å². The second kappa shape index (κ2) is 9.33. The number of ether oxygens (including phenoxy) is 6. The molecule has 0 amide bonds. The maximum absolute atomic E-state index is 12.3. The van der Waals surface area contributed by atoms with E-state index in [1.165, 1.54) is 6.26 Å². The van der Waals surface area contributed by atoms with Gasteiger partial charge in [-0.2, -0.15) is 0 Å². The molecule has 0 N–H and O–H groups in total. The summed E-state index contributed by atoms with van der Waals surface area (Å²) in [6, 6.07) is 5.22. The molecule has 1 atom stereocenters. The van der Waals surface area contributed by atoms with Gasteiger partial charge < -0.3 is 28.4 Å². The third kappa shape index (κ3) is 5.29. The van der Waals surface area contributed by atoms with Gasteiger partial charge in [-0.1, -0.05) is 13.5 Å². The summed E-state index contributed by atoms with van der Waals surface area (Å²) in [6.07, 6.45) is 1.29. The summed E-state index contributed by atoms with van der Waals surface area (Å²) < 4.78 is 32.6. The van der Waals surface area contributed by atoms with E-state index in [9.17, 15) is 4.79 Å². The van der Waals surface area contributed by atoms with Crippen molar-refractivity contribution in [2.75, 3.05) is 33.4 Å². The van der Waals surface area contributed by atoms with Gasteiger partial charge in [0.25, 0.3) is 0 Å². The van der Waals surface area contributed by atoms with Crippen LogP contribution in [0.1, 0.15) is 20.8 Å². The smallest absolute Gasteiger partial charge is 0.311 e. The Morgan fingerprint density at radius 1 is 1.27 bits per heavy atom. The number of hydrogen-bond acceptors (Lipinski definition) is 7. The summed E-state index contributed by atoms with van der Waals surface area (Å²) in [4.78, 5) is 12.3. The van der Waals surface area contributed by atoms with E-state index in [0.29, 0.717) is 23.9 Å². The van der Waals surface area contributed by atoms with Crippen molar-refractivity contribution in [1.29, 1.82) is 0 Å². The van der Waals surface area contributed by atoms with Crippen molar-refractivity contribution < 1.29 is 33.2 Å². The summed E-state index contributed by atoms with van der Waals surface area (Å²) in [5.74, 6) is 1.20. The average molecular weight is 366 g/mol. The maximum atomic E-state index is 12.3. The molecule has 0 aromatic heterocycles. The molecule has 0 saturated heterocycles. The Labute approximate surface area is 153 Å². The van der Waals surface area contributed by atoms with E-state index in [1.807, 2.05) is 20.8 Å². The van der Waals surface area contributed by atoms with Crippen LogP contribution in [0.15, 0.2) is 31.0 Å². The molecule has 1 aromatic rings. The van der Waals surface area contributed by atoms with E-state index in [1.54, 1.807) is 18.2 Å². The predicted molar refractivity (Wildman–Crippen MR) is 94.1 cm³/mol. The van der Waals surface area contributed by atoms with Crippen LogP contribution in [0.2, 0.25) is 0 Å². The molecule has 7 nitrogen and oxygen atoms in total. The lowest BCUT2D eigenvalue weighted by Gasteiger charge is -2.29. The van der Waals surface area contributed by atoms with Crippen molar-refractivity contribution in [3.63, 3.8) is 0 Å². The summed E-state index contributed by atoms with van der Waals surface area (Å²) >= 11 is 0. The Morgan fingerprint density at radius 3 is 2.85 bits per heavy atom. The van der Waals surface area contributed by atoms with Gasteiger partial charge in [0.05, 0.1) is 24.9 Å². The van der Waals surface area contributed by atoms with Gasteiger partial charge in [-0.3, -0.25) is 4.79 Å². The van der Waals surface area contributed by atoms with Crippen molar-refractivity contribution in [3.8, 4) is 17.2 Å². The Morgan fingerprint density at radius 2 is 2.08 bits per heavy atom. The van der Waals surface area contributed by atoms with Crippen LogP contribution >= 0.6 is 0 Å². The van der Waals surface area contributed by atoms with E-state index in [2.05, 4.69) is 6.58 Å². The summed E-state index contributed by atoms with van der Waals surface area (Å²) in [7, 11) is 0. The highest BCUT2D eigenvalue weighted by Gasteiger charge is 2.36. The molecular weight excluding hydrogens is 340 g/mol. The van der Waals surface area contributed by atoms with E-state index >= 15 is 0 Å². The molecule has 7 heteroatoms. The zero-order valence-corrected chi connectivity index (χ0v) is 15.5. The molecule has 2 aliphatic heterocycles. The molecule has 2 heterocycles. The van der Waals surface area contributed by atoms with Crippen molar-refractivity contribution in [1.82, 2.24) is 0 Å². The Kier molecular flexibility index (Phi) is 7.15. The highest BCUT2D eigenvalue weighted by molar-refractivity contribution is 5.76. The molecule has 0 spiro atoms. The maximum Gasteiger partial charge on any atom is 0.311 e. The minimum Gasteiger partial charge on any atom is -0.493 e. The predicted octanol–water partition coefficient (Wildman–Crippen LogP) is 3.13. The number of esters is 1. The van der Waals surface area contributed by atoms with E-state index < -0.39 is 5.41 Å².